The standard InChI is InChI=1S/C27H36N4O3/c32-26-21-34-27(22-31(26)25-7-2-3-14-28-25)12-18-30(19-13-27)23-8-10-24(11-9-23)33-20-6-17-29-15-4-1-5-16-29/h2-3,7-11,14H,1,4-6,12-13,15-22H2. The lowest BCUT2D eigenvalue weighted by Crippen LogP contribution is -2.59. The summed E-state index contributed by atoms with van der Waals surface area (Å²) >= 11 is 0. The van der Waals surface area contributed by atoms with Crippen molar-refractivity contribution in [1.29, 1.82) is 0 Å². The van der Waals surface area contributed by atoms with Gasteiger partial charge < -0.3 is 19.3 Å². The molecule has 1 spiro atoms. The lowest BCUT2D eigenvalue weighted by molar-refractivity contribution is -0.141. The molecule has 0 bridgehead atoms. The summed E-state index contributed by atoms with van der Waals surface area (Å²) in [5.74, 6) is 1.64. The van der Waals surface area contributed by atoms with Crippen molar-refractivity contribution >= 4 is 17.4 Å². The van der Waals surface area contributed by atoms with Crippen LogP contribution in [0.4, 0.5) is 11.5 Å². The average molecular weight is 465 g/mol. The number of nitrogens with zero attached hydrogens (tertiary/aromatic N) is 4. The van der Waals surface area contributed by atoms with Gasteiger partial charge in [0.15, 0.2) is 0 Å². The summed E-state index contributed by atoms with van der Waals surface area (Å²) in [7, 11) is 0. The molecule has 182 valence electrons. The summed E-state index contributed by atoms with van der Waals surface area (Å²) in [6, 6.07) is 14.2. The molecular weight excluding hydrogens is 428 g/mol. The zero-order valence-corrected chi connectivity index (χ0v) is 20.0. The van der Waals surface area contributed by atoms with Gasteiger partial charge in [0.2, 0.25) is 0 Å². The number of aromatic nitrogens is 1. The molecule has 3 fully saturated rings. The Morgan fingerprint density at radius 3 is 2.50 bits per heavy atom. The highest BCUT2D eigenvalue weighted by Crippen LogP contribution is 2.34. The topological polar surface area (TPSA) is 58.1 Å². The molecule has 1 aromatic heterocycles. The second-order valence-corrected chi connectivity index (χ2v) is 9.72. The minimum atomic E-state index is -0.292. The summed E-state index contributed by atoms with van der Waals surface area (Å²) < 4.78 is 12.1. The monoisotopic (exact) mass is 464 g/mol. The number of ether oxygens (including phenoxy) is 2. The highest BCUT2D eigenvalue weighted by molar-refractivity contribution is 5.94. The first kappa shape index (κ1) is 23.1. The maximum absolute atomic E-state index is 12.4. The van der Waals surface area contributed by atoms with Crippen LogP contribution in [-0.2, 0) is 9.53 Å². The maximum atomic E-state index is 12.4. The summed E-state index contributed by atoms with van der Waals surface area (Å²) in [5, 5.41) is 0. The molecule has 2 aromatic rings. The number of benzene rings is 1. The largest absolute Gasteiger partial charge is 0.494 e. The number of carbonyl (C=O) groups is 1. The predicted octanol–water partition coefficient (Wildman–Crippen LogP) is 3.74. The number of amides is 1. The van der Waals surface area contributed by atoms with Crippen LogP contribution in [0.2, 0.25) is 0 Å². The number of hydrogen-bond donors (Lipinski definition) is 0. The molecule has 3 aliphatic heterocycles. The van der Waals surface area contributed by atoms with Crippen molar-refractivity contribution in [3.63, 3.8) is 0 Å². The molecule has 0 radical (unpaired) electrons. The van der Waals surface area contributed by atoms with E-state index in [0.717, 1.165) is 51.3 Å². The number of anilines is 2. The van der Waals surface area contributed by atoms with Crippen molar-refractivity contribution in [2.45, 2.75) is 44.1 Å². The molecule has 0 unspecified atom stereocenters. The van der Waals surface area contributed by atoms with Gasteiger partial charge >= 0.3 is 0 Å². The van der Waals surface area contributed by atoms with Crippen LogP contribution in [0.5, 0.6) is 5.75 Å². The first-order valence-electron chi connectivity index (χ1n) is 12.8. The highest BCUT2D eigenvalue weighted by atomic mass is 16.5. The van der Waals surface area contributed by atoms with Gasteiger partial charge in [0, 0.05) is 31.5 Å². The van der Waals surface area contributed by atoms with Crippen LogP contribution in [0.1, 0.15) is 38.5 Å². The van der Waals surface area contributed by atoms with E-state index in [2.05, 4.69) is 39.0 Å². The van der Waals surface area contributed by atoms with E-state index in [1.165, 1.54) is 38.0 Å². The predicted molar refractivity (Wildman–Crippen MR) is 134 cm³/mol. The summed E-state index contributed by atoms with van der Waals surface area (Å²) in [6.45, 7) is 6.90. The Balaban J connectivity index is 1.10. The third-order valence-electron chi connectivity index (χ3n) is 7.39. The molecule has 5 rings (SSSR count). The summed E-state index contributed by atoms with van der Waals surface area (Å²) in [6.07, 6.45) is 8.65. The summed E-state index contributed by atoms with van der Waals surface area (Å²) in [4.78, 5) is 23.6. The van der Waals surface area contributed by atoms with Gasteiger partial charge in [0.1, 0.15) is 18.2 Å². The minimum absolute atomic E-state index is 0.0155. The number of pyridine rings is 1. The Morgan fingerprint density at radius 1 is 0.971 bits per heavy atom. The fraction of sp³-hybridized carbons (Fsp3) is 0.556. The molecule has 4 heterocycles. The SMILES string of the molecule is O=C1COC2(CCN(c3ccc(OCCCN4CCCCC4)cc3)CC2)CN1c1ccccn1. The Labute approximate surface area is 202 Å². The quantitative estimate of drug-likeness (QED) is 0.582. The van der Waals surface area contributed by atoms with Crippen LogP contribution < -0.4 is 14.5 Å². The van der Waals surface area contributed by atoms with E-state index in [0.29, 0.717) is 12.4 Å². The van der Waals surface area contributed by atoms with Crippen molar-refractivity contribution in [1.82, 2.24) is 9.88 Å². The van der Waals surface area contributed by atoms with Crippen LogP contribution in [0, 0.1) is 0 Å². The van der Waals surface area contributed by atoms with E-state index in [9.17, 15) is 4.79 Å². The molecule has 0 N–H and O–H groups in total. The van der Waals surface area contributed by atoms with E-state index in [-0.39, 0.29) is 18.1 Å². The number of piperidine rings is 2. The van der Waals surface area contributed by atoms with Crippen LogP contribution in [0.25, 0.3) is 0 Å². The highest BCUT2D eigenvalue weighted by Gasteiger charge is 2.43. The third-order valence-corrected chi connectivity index (χ3v) is 7.39. The molecule has 0 aliphatic carbocycles. The zero-order valence-electron chi connectivity index (χ0n) is 20.0. The van der Waals surface area contributed by atoms with Crippen LogP contribution >= 0.6 is 0 Å². The number of likely N-dealkylation sites (tertiary alicyclic amines) is 1. The molecule has 3 saturated heterocycles. The Hall–Kier alpha value is -2.64. The Bertz CT molecular complexity index is 923. The van der Waals surface area contributed by atoms with Gasteiger partial charge in [-0.3, -0.25) is 9.69 Å². The second-order valence-electron chi connectivity index (χ2n) is 9.72. The fourth-order valence-corrected chi connectivity index (χ4v) is 5.33. The maximum Gasteiger partial charge on any atom is 0.254 e. The van der Waals surface area contributed by atoms with E-state index in [1.807, 2.05) is 18.2 Å². The van der Waals surface area contributed by atoms with Crippen molar-refractivity contribution in [3.05, 3.63) is 48.7 Å². The first-order chi connectivity index (χ1) is 16.7. The van der Waals surface area contributed by atoms with Gasteiger partial charge in [0.05, 0.1) is 18.8 Å². The molecule has 1 amide bonds. The molecule has 0 atom stereocenters. The number of carbonyl (C=O) groups excluding carboxylic acids is 1. The van der Waals surface area contributed by atoms with E-state index in [4.69, 9.17) is 9.47 Å². The van der Waals surface area contributed by atoms with Crippen LogP contribution in [0.3, 0.4) is 0 Å². The van der Waals surface area contributed by atoms with Crippen molar-refractivity contribution < 1.29 is 14.3 Å². The smallest absolute Gasteiger partial charge is 0.254 e. The van der Waals surface area contributed by atoms with Crippen molar-refractivity contribution in [2.75, 3.05) is 62.3 Å². The van der Waals surface area contributed by atoms with Crippen molar-refractivity contribution in [2.24, 2.45) is 0 Å². The molecule has 34 heavy (non-hydrogen) atoms. The average Bonchev–Trinajstić information content (AvgIpc) is 2.90. The van der Waals surface area contributed by atoms with Gasteiger partial charge in [0.25, 0.3) is 5.91 Å². The molecule has 0 saturated carbocycles. The zero-order chi connectivity index (χ0) is 23.2. The van der Waals surface area contributed by atoms with Crippen molar-refractivity contribution in [3.8, 4) is 5.75 Å². The van der Waals surface area contributed by atoms with E-state index in [1.54, 1.807) is 11.1 Å². The van der Waals surface area contributed by atoms with Gasteiger partial charge in [-0.15, -0.1) is 0 Å². The number of hydrogen-bond acceptors (Lipinski definition) is 6. The van der Waals surface area contributed by atoms with Gasteiger partial charge in [-0.1, -0.05) is 12.5 Å². The fourth-order valence-electron chi connectivity index (χ4n) is 5.33. The first-order valence-corrected chi connectivity index (χ1v) is 12.8. The molecule has 7 heteroatoms. The summed E-state index contributed by atoms with van der Waals surface area (Å²) in [5.41, 5.74) is 0.920. The Morgan fingerprint density at radius 2 is 1.76 bits per heavy atom. The third kappa shape index (κ3) is 5.53. The van der Waals surface area contributed by atoms with Gasteiger partial charge in [-0.25, -0.2) is 4.98 Å². The molecule has 7 nitrogen and oxygen atoms in total. The van der Waals surface area contributed by atoms with Gasteiger partial charge in [-0.05, 0) is 81.6 Å². The molecular formula is C27H36N4O3. The van der Waals surface area contributed by atoms with Gasteiger partial charge in [-0.2, -0.15) is 0 Å². The van der Waals surface area contributed by atoms with E-state index >= 15 is 0 Å². The lowest BCUT2D eigenvalue weighted by Gasteiger charge is -2.47. The van der Waals surface area contributed by atoms with E-state index < -0.39 is 0 Å². The molecule has 3 aliphatic rings. The van der Waals surface area contributed by atoms with Crippen LogP contribution in [0.15, 0.2) is 48.7 Å². The lowest BCUT2D eigenvalue weighted by atomic mass is 9.89. The normalized spacial score (nSPS) is 21.1. The minimum Gasteiger partial charge on any atom is -0.494 e. The number of morpholine rings is 1. The number of rotatable bonds is 7. The Kier molecular flexibility index (Phi) is 7.30. The second kappa shape index (κ2) is 10.7. The van der Waals surface area contributed by atoms with Crippen LogP contribution in [-0.4, -0.2) is 73.9 Å². The molecule has 1 aromatic carbocycles.